The quantitative estimate of drug-likeness (QED) is 0.602. The van der Waals surface area contributed by atoms with Crippen molar-refractivity contribution in [3.8, 4) is 0 Å². The summed E-state index contributed by atoms with van der Waals surface area (Å²) in [5, 5.41) is 0. The van der Waals surface area contributed by atoms with Crippen LogP contribution < -0.4 is 0 Å². The lowest BCUT2D eigenvalue weighted by Crippen LogP contribution is -2.28. The monoisotopic (exact) mass is 327 g/mol. The predicted octanol–water partition coefficient (Wildman–Crippen LogP) is 3.44. The number of carbonyl (C=O) groups is 2. The Bertz CT molecular complexity index is 731. The Hall–Kier alpha value is -2.82. The molecule has 0 aliphatic rings. The summed E-state index contributed by atoms with van der Waals surface area (Å²) in [6.45, 7) is 4.76. The largest absolute Gasteiger partial charge is 0.465 e. The number of aryl methyl sites for hydroxylation is 1. The van der Waals surface area contributed by atoms with E-state index in [0.717, 1.165) is 5.56 Å². The third-order valence-corrected chi connectivity index (χ3v) is 3.64. The predicted molar refractivity (Wildman–Crippen MR) is 91.4 cm³/mol. The molecule has 2 rings (SSSR count). The first-order valence-corrected chi connectivity index (χ1v) is 7.74. The zero-order valence-electron chi connectivity index (χ0n) is 14.1. The van der Waals surface area contributed by atoms with Crippen molar-refractivity contribution in [2.45, 2.75) is 20.4 Å². The van der Waals surface area contributed by atoms with Gasteiger partial charge >= 0.3 is 5.97 Å². The summed E-state index contributed by atoms with van der Waals surface area (Å²) in [6.07, 6.45) is 3.02. The minimum absolute atomic E-state index is 0.116. The Balaban J connectivity index is 2.07. The number of ether oxygens (including phenoxy) is 1. The van der Waals surface area contributed by atoms with Gasteiger partial charge in [-0.2, -0.15) is 0 Å². The normalized spacial score (nSPS) is 10.8. The molecule has 0 spiro atoms. The Morgan fingerprint density at radius 3 is 2.58 bits per heavy atom. The van der Waals surface area contributed by atoms with Crippen molar-refractivity contribution in [3.63, 3.8) is 0 Å². The number of hydrogen-bond acceptors (Lipinski definition) is 4. The van der Waals surface area contributed by atoms with Crippen molar-refractivity contribution in [2.24, 2.45) is 0 Å². The molecule has 1 aromatic heterocycles. The molecule has 0 fully saturated rings. The Labute approximate surface area is 141 Å². The third-order valence-electron chi connectivity index (χ3n) is 3.64. The van der Waals surface area contributed by atoms with Gasteiger partial charge in [-0.05, 0) is 31.6 Å². The van der Waals surface area contributed by atoms with Crippen LogP contribution in [-0.2, 0) is 16.1 Å². The molecule has 0 N–H and O–H groups in total. The molecule has 0 saturated carbocycles. The summed E-state index contributed by atoms with van der Waals surface area (Å²) >= 11 is 0. The van der Waals surface area contributed by atoms with Crippen molar-refractivity contribution in [2.75, 3.05) is 13.7 Å². The minimum Gasteiger partial charge on any atom is -0.465 e. The zero-order valence-corrected chi connectivity index (χ0v) is 14.1. The minimum atomic E-state index is -0.457. The fraction of sp³-hybridized carbons (Fsp3) is 0.263. The Kier molecular flexibility index (Phi) is 5.95. The molecule has 1 amide bonds. The third kappa shape index (κ3) is 4.35. The van der Waals surface area contributed by atoms with Crippen molar-refractivity contribution in [3.05, 3.63) is 65.1 Å². The van der Waals surface area contributed by atoms with Gasteiger partial charge in [0, 0.05) is 19.2 Å². The van der Waals surface area contributed by atoms with E-state index in [1.807, 2.05) is 37.3 Å². The van der Waals surface area contributed by atoms with Gasteiger partial charge in [0.15, 0.2) is 0 Å². The summed E-state index contributed by atoms with van der Waals surface area (Å²) < 4.78 is 10.1. The molecule has 5 nitrogen and oxygen atoms in total. The van der Waals surface area contributed by atoms with Gasteiger partial charge in [-0.15, -0.1) is 0 Å². The second-order valence-electron chi connectivity index (χ2n) is 5.28. The SMILES string of the molecule is CCN(Cc1ccccc1)C(=O)/C=C/c1cc(C(=O)OC)c(C)o1. The Morgan fingerprint density at radius 1 is 1.25 bits per heavy atom. The number of esters is 1. The van der Waals surface area contributed by atoms with Gasteiger partial charge < -0.3 is 14.1 Å². The average molecular weight is 327 g/mol. The van der Waals surface area contributed by atoms with Crippen molar-refractivity contribution < 1.29 is 18.7 Å². The fourth-order valence-electron chi connectivity index (χ4n) is 2.31. The smallest absolute Gasteiger partial charge is 0.341 e. The van der Waals surface area contributed by atoms with E-state index in [4.69, 9.17) is 4.42 Å². The van der Waals surface area contributed by atoms with Gasteiger partial charge in [-0.3, -0.25) is 4.79 Å². The zero-order chi connectivity index (χ0) is 17.5. The maximum Gasteiger partial charge on any atom is 0.341 e. The van der Waals surface area contributed by atoms with Crippen LogP contribution >= 0.6 is 0 Å². The van der Waals surface area contributed by atoms with Crippen LogP contribution in [0.4, 0.5) is 0 Å². The lowest BCUT2D eigenvalue weighted by atomic mass is 10.2. The van der Waals surface area contributed by atoms with E-state index < -0.39 is 5.97 Å². The number of hydrogen-bond donors (Lipinski definition) is 0. The maximum absolute atomic E-state index is 12.3. The van der Waals surface area contributed by atoms with E-state index in [1.54, 1.807) is 24.0 Å². The van der Waals surface area contributed by atoms with Crippen molar-refractivity contribution in [1.82, 2.24) is 4.90 Å². The second kappa shape index (κ2) is 8.15. The molecule has 5 heteroatoms. The molecule has 0 bridgehead atoms. The number of amides is 1. The van der Waals surface area contributed by atoms with Crippen LogP contribution in [0.1, 0.15) is 34.4 Å². The van der Waals surface area contributed by atoms with Crippen molar-refractivity contribution in [1.29, 1.82) is 0 Å². The molecule has 2 aromatic rings. The van der Waals surface area contributed by atoms with Gasteiger partial charge in [-0.25, -0.2) is 4.79 Å². The summed E-state index contributed by atoms with van der Waals surface area (Å²) in [6, 6.07) is 11.4. The number of furan rings is 1. The van der Waals surface area contributed by atoms with E-state index in [2.05, 4.69) is 4.74 Å². The van der Waals surface area contributed by atoms with Crippen LogP contribution in [0.3, 0.4) is 0 Å². The number of nitrogens with zero attached hydrogens (tertiary/aromatic N) is 1. The molecular formula is C19H21NO4. The van der Waals surface area contributed by atoms with E-state index in [0.29, 0.717) is 30.2 Å². The van der Waals surface area contributed by atoms with E-state index in [-0.39, 0.29) is 5.91 Å². The average Bonchev–Trinajstić information content (AvgIpc) is 2.98. The molecule has 1 aromatic carbocycles. The molecular weight excluding hydrogens is 306 g/mol. The first-order chi connectivity index (χ1) is 11.5. The molecule has 0 aliphatic heterocycles. The van der Waals surface area contributed by atoms with E-state index >= 15 is 0 Å². The number of carbonyl (C=O) groups excluding carboxylic acids is 2. The van der Waals surface area contributed by atoms with Crippen LogP contribution in [-0.4, -0.2) is 30.4 Å². The first kappa shape index (κ1) is 17.5. The number of benzene rings is 1. The number of likely N-dealkylation sites (N-methyl/N-ethyl adjacent to an activating group) is 1. The summed E-state index contributed by atoms with van der Waals surface area (Å²) in [5.41, 5.74) is 1.43. The molecule has 1 heterocycles. The first-order valence-electron chi connectivity index (χ1n) is 7.74. The lowest BCUT2D eigenvalue weighted by Gasteiger charge is -2.19. The molecule has 126 valence electrons. The summed E-state index contributed by atoms with van der Waals surface area (Å²) in [5.74, 6) is 0.333. The highest BCUT2D eigenvalue weighted by molar-refractivity contribution is 5.93. The second-order valence-corrected chi connectivity index (χ2v) is 5.28. The van der Waals surface area contributed by atoms with Gasteiger partial charge in [0.25, 0.3) is 0 Å². The van der Waals surface area contributed by atoms with Gasteiger partial charge in [0.1, 0.15) is 17.1 Å². The standard InChI is InChI=1S/C19H21NO4/c1-4-20(13-15-8-6-5-7-9-15)18(21)11-10-16-12-17(14(2)24-16)19(22)23-3/h5-12H,4,13H2,1-3H3/b11-10+. The number of methoxy groups -OCH3 is 1. The molecule has 0 aliphatic carbocycles. The van der Waals surface area contributed by atoms with Crippen LogP contribution in [0.2, 0.25) is 0 Å². The van der Waals surface area contributed by atoms with Crippen molar-refractivity contribution >= 4 is 18.0 Å². The lowest BCUT2D eigenvalue weighted by molar-refractivity contribution is -0.126. The molecule has 0 radical (unpaired) electrons. The fourth-order valence-corrected chi connectivity index (χ4v) is 2.31. The highest BCUT2D eigenvalue weighted by atomic mass is 16.5. The topological polar surface area (TPSA) is 59.8 Å². The van der Waals surface area contributed by atoms with Crippen LogP contribution in [0.15, 0.2) is 46.9 Å². The molecule has 24 heavy (non-hydrogen) atoms. The van der Waals surface area contributed by atoms with Crippen LogP contribution in [0.5, 0.6) is 0 Å². The Morgan fingerprint density at radius 2 is 1.96 bits per heavy atom. The van der Waals surface area contributed by atoms with Gasteiger partial charge in [0.2, 0.25) is 5.91 Å². The molecule has 0 unspecified atom stereocenters. The molecule has 0 atom stereocenters. The maximum atomic E-state index is 12.3. The van der Waals surface area contributed by atoms with Crippen LogP contribution in [0.25, 0.3) is 6.08 Å². The van der Waals surface area contributed by atoms with Crippen LogP contribution in [0, 0.1) is 6.92 Å². The summed E-state index contributed by atoms with van der Waals surface area (Å²) in [4.78, 5) is 25.6. The van der Waals surface area contributed by atoms with Gasteiger partial charge in [0.05, 0.1) is 7.11 Å². The van der Waals surface area contributed by atoms with E-state index in [9.17, 15) is 9.59 Å². The summed E-state index contributed by atoms with van der Waals surface area (Å²) in [7, 11) is 1.32. The number of rotatable bonds is 6. The molecule has 0 saturated heterocycles. The van der Waals surface area contributed by atoms with Gasteiger partial charge in [-0.1, -0.05) is 30.3 Å². The van der Waals surface area contributed by atoms with E-state index in [1.165, 1.54) is 13.2 Å². The highest BCUT2D eigenvalue weighted by Gasteiger charge is 2.15. The highest BCUT2D eigenvalue weighted by Crippen LogP contribution is 2.17.